The SMILES string of the molecule is CNCCCc1cc2c(s1)C(C)CCC2OC. The fraction of sp³-hybridized carbons (Fsp3) is 0.714. The lowest BCUT2D eigenvalue weighted by Gasteiger charge is -2.25. The molecule has 17 heavy (non-hydrogen) atoms. The number of hydrogen-bond acceptors (Lipinski definition) is 3. The quantitative estimate of drug-likeness (QED) is 0.811. The largest absolute Gasteiger partial charge is 0.377 e. The Hall–Kier alpha value is -0.380. The molecule has 2 rings (SSSR count). The Kier molecular flexibility index (Phi) is 4.60. The van der Waals surface area contributed by atoms with Gasteiger partial charge in [-0.25, -0.2) is 0 Å². The smallest absolute Gasteiger partial charge is 0.0832 e. The second-order valence-corrected chi connectivity index (χ2v) is 6.11. The van der Waals surface area contributed by atoms with Crippen molar-refractivity contribution >= 4 is 11.3 Å². The summed E-state index contributed by atoms with van der Waals surface area (Å²) in [7, 11) is 3.85. The van der Waals surface area contributed by atoms with E-state index in [0.717, 1.165) is 12.5 Å². The molecule has 0 saturated carbocycles. The number of aryl methyl sites for hydroxylation is 1. The molecule has 3 heteroatoms. The van der Waals surface area contributed by atoms with Crippen molar-refractivity contribution in [2.45, 2.75) is 44.6 Å². The van der Waals surface area contributed by atoms with Crippen LogP contribution in [0.15, 0.2) is 6.07 Å². The van der Waals surface area contributed by atoms with E-state index >= 15 is 0 Å². The number of nitrogens with one attached hydrogen (secondary N) is 1. The Morgan fingerprint density at radius 1 is 1.47 bits per heavy atom. The van der Waals surface area contributed by atoms with Gasteiger partial charge in [-0.3, -0.25) is 0 Å². The van der Waals surface area contributed by atoms with Crippen LogP contribution in [0.1, 0.15) is 53.5 Å². The second kappa shape index (κ2) is 5.98. The third kappa shape index (κ3) is 2.90. The van der Waals surface area contributed by atoms with Crippen LogP contribution in [0.4, 0.5) is 0 Å². The zero-order chi connectivity index (χ0) is 12.3. The highest BCUT2D eigenvalue weighted by Crippen LogP contribution is 2.43. The molecule has 1 N–H and O–H groups in total. The fourth-order valence-corrected chi connectivity index (χ4v) is 3.95. The van der Waals surface area contributed by atoms with E-state index in [1.807, 2.05) is 25.5 Å². The molecule has 2 unspecified atom stereocenters. The predicted octanol–water partition coefficient (Wildman–Crippen LogP) is 3.48. The maximum absolute atomic E-state index is 5.60. The van der Waals surface area contributed by atoms with Crippen LogP contribution in [0.25, 0.3) is 0 Å². The van der Waals surface area contributed by atoms with Gasteiger partial charge in [-0.2, -0.15) is 0 Å². The second-order valence-electron chi connectivity index (χ2n) is 4.94. The Morgan fingerprint density at radius 2 is 2.29 bits per heavy atom. The van der Waals surface area contributed by atoms with Gasteiger partial charge in [-0.05, 0) is 56.8 Å². The lowest BCUT2D eigenvalue weighted by molar-refractivity contribution is 0.0859. The topological polar surface area (TPSA) is 21.3 Å². The first-order valence-electron chi connectivity index (χ1n) is 6.56. The molecule has 2 atom stereocenters. The van der Waals surface area contributed by atoms with E-state index in [1.54, 1.807) is 4.88 Å². The van der Waals surface area contributed by atoms with Gasteiger partial charge in [0, 0.05) is 16.9 Å². The van der Waals surface area contributed by atoms with E-state index < -0.39 is 0 Å². The zero-order valence-electron chi connectivity index (χ0n) is 11.1. The van der Waals surface area contributed by atoms with Crippen molar-refractivity contribution in [1.29, 1.82) is 0 Å². The standard InChI is InChI=1S/C14H23NOS/c1-10-6-7-13(16-3)12-9-11(17-14(10)12)5-4-8-15-2/h9-10,13,15H,4-8H2,1-3H3. The molecule has 0 spiro atoms. The van der Waals surface area contributed by atoms with Crippen molar-refractivity contribution in [2.75, 3.05) is 20.7 Å². The van der Waals surface area contributed by atoms with Crippen molar-refractivity contribution in [3.8, 4) is 0 Å². The van der Waals surface area contributed by atoms with E-state index in [0.29, 0.717) is 6.10 Å². The minimum Gasteiger partial charge on any atom is -0.377 e. The molecule has 0 fully saturated rings. The van der Waals surface area contributed by atoms with Crippen LogP contribution in [0.5, 0.6) is 0 Å². The summed E-state index contributed by atoms with van der Waals surface area (Å²) in [6.07, 6.45) is 5.21. The van der Waals surface area contributed by atoms with Crippen LogP contribution < -0.4 is 5.32 Å². The molecule has 2 nitrogen and oxygen atoms in total. The fourth-order valence-electron chi connectivity index (χ4n) is 2.61. The van der Waals surface area contributed by atoms with Crippen LogP contribution in [-0.2, 0) is 11.2 Å². The third-order valence-corrected chi connectivity index (χ3v) is 5.08. The van der Waals surface area contributed by atoms with Gasteiger partial charge in [-0.1, -0.05) is 6.92 Å². The first-order valence-corrected chi connectivity index (χ1v) is 7.37. The highest BCUT2D eigenvalue weighted by atomic mass is 32.1. The minimum atomic E-state index is 0.343. The van der Waals surface area contributed by atoms with Gasteiger partial charge >= 0.3 is 0 Å². The van der Waals surface area contributed by atoms with Gasteiger partial charge < -0.3 is 10.1 Å². The predicted molar refractivity (Wildman–Crippen MR) is 74.0 cm³/mol. The Balaban J connectivity index is 2.11. The monoisotopic (exact) mass is 253 g/mol. The first kappa shape index (κ1) is 13.1. The van der Waals surface area contributed by atoms with E-state index in [4.69, 9.17) is 4.74 Å². The van der Waals surface area contributed by atoms with Crippen LogP contribution in [0.2, 0.25) is 0 Å². The molecule has 96 valence electrons. The number of hydrogen-bond donors (Lipinski definition) is 1. The molecule has 0 saturated heterocycles. The lowest BCUT2D eigenvalue weighted by atomic mass is 9.88. The average Bonchev–Trinajstić information content (AvgIpc) is 2.75. The van der Waals surface area contributed by atoms with E-state index in [9.17, 15) is 0 Å². The van der Waals surface area contributed by atoms with Crippen molar-refractivity contribution in [3.05, 3.63) is 21.4 Å². The van der Waals surface area contributed by atoms with Crippen LogP contribution in [0, 0.1) is 0 Å². The maximum Gasteiger partial charge on any atom is 0.0832 e. The normalized spacial score (nSPS) is 23.7. The van der Waals surface area contributed by atoms with Gasteiger partial charge in [0.25, 0.3) is 0 Å². The van der Waals surface area contributed by atoms with Crippen molar-refractivity contribution < 1.29 is 4.74 Å². The van der Waals surface area contributed by atoms with Crippen molar-refractivity contribution in [1.82, 2.24) is 5.32 Å². The maximum atomic E-state index is 5.60. The first-order chi connectivity index (χ1) is 8.26. The summed E-state index contributed by atoms with van der Waals surface area (Å²) in [5.74, 6) is 0.722. The summed E-state index contributed by atoms with van der Waals surface area (Å²) in [6.45, 7) is 3.45. The van der Waals surface area contributed by atoms with Gasteiger partial charge in [0.2, 0.25) is 0 Å². The molecule has 1 aromatic rings. The number of rotatable bonds is 5. The summed E-state index contributed by atoms with van der Waals surface area (Å²) in [5, 5.41) is 3.21. The Morgan fingerprint density at radius 3 is 3.00 bits per heavy atom. The minimum absolute atomic E-state index is 0.343. The number of thiophene rings is 1. The van der Waals surface area contributed by atoms with Crippen LogP contribution in [0.3, 0.4) is 0 Å². The highest BCUT2D eigenvalue weighted by Gasteiger charge is 2.27. The molecule has 1 aliphatic rings. The molecule has 1 aliphatic carbocycles. The Labute approximate surface area is 108 Å². The number of ether oxygens (including phenoxy) is 1. The molecular weight excluding hydrogens is 230 g/mol. The molecule has 0 amide bonds. The summed E-state index contributed by atoms with van der Waals surface area (Å²) >= 11 is 2.01. The van der Waals surface area contributed by atoms with Gasteiger partial charge in [0.1, 0.15) is 0 Å². The van der Waals surface area contributed by atoms with Gasteiger partial charge in [0.15, 0.2) is 0 Å². The molecule has 0 aromatic carbocycles. The van der Waals surface area contributed by atoms with Crippen molar-refractivity contribution in [2.24, 2.45) is 0 Å². The molecule has 0 radical (unpaired) electrons. The summed E-state index contributed by atoms with van der Waals surface area (Å²) < 4.78 is 5.60. The lowest BCUT2D eigenvalue weighted by Crippen LogP contribution is -2.11. The molecule has 1 heterocycles. The molecule has 0 aliphatic heterocycles. The summed E-state index contributed by atoms with van der Waals surface area (Å²) in [6, 6.07) is 2.39. The number of methoxy groups -OCH3 is 1. The summed E-state index contributed by atoms with van der Waals surface area (Å²) in [4.78, 5) is 3.10. The van der Waals surface area contributed by atoms with Crippen LogP contribution in [-0.4, -0.2) is 20.7 Å². The molecule has 0 bridgehead atoms. The summed E-state index contributed by atoms with van der Waals surface area (Å²) in [5.41, 5.74) is 1.47. The number of fused-ring (bicyclic) bond motifs is 1. The van der Waals surface area contributed by atoms with E-state index in [2.05, 4.69) is 18.3 Å². The average molecular weight is 253 g/mol. The van der Waals surface area contributed by atoms with E-state index in [1.165, 1.54) is 36.1 Å². The highest BCUT2D eigenvalue weighted by molar-refractivity contribution is 7.12. The Bertz CT molecular complexity index is 361. The van der Waals surface area contributed by atoms with Crippen LogP contribution >= 0.6 is 11.3 Å². The zero-order valence-corrected chi connectivity index (χ0v) is 11.9. The molecular formula is C14H23NOS. The van der Waals surface area contributed by atoms with Gasteiger partial charge in [0.05, 0.1) is 6.10 Å². The molecule has 1 aromatic heterocycles. The third-order valence-electron chi connectivity index (χ3n) is 3.63. The van der Waals surface area contributed by atoms with E-state index in [-0.39, 0.29) is 0 Å². The van der Waals surface area contributed by atoms with Gasteiger partial charge in [-0.15, -0.1) is 11.3 Å². The van der Waals surface area contributed by atoms with Crippen molar-refractivity contribution in [3.63, 3.8) is 0 Å².